The number of aromatic nitrogens is 1. The third-order valence-electron chi connectivity index (χ3n) is 7.06. The summed E-state index contributed by atoms with van der Waals surface area (Å²) in [6.45, 7) is 8.70. The van der Waals surface area contributed by atoms with Crippen molar-refractivity contribution in [3.63, 3.8) is 0 Å². The molecule has 2 aromatic rings. The lowest BCUT2D eigenvalue weighted by atomic mass is 9.63. The van der Waals surface area contributed by atoms with Gasteiger partial charge in [0.1, 0.15) is 11.6 Å². The number of anilines is 3. The molecule has 1 aliphatic heterocycles. The van der Waals surface area contributed by atoms with Crippen LogP contribution >= 0.6 is 22.6 Å². The number of carboxylic acid groups (broad SMARTS) is 1. The number of hydrogen-bond acceptors (Lipinski definition) is 5. The number of benzene rings is 1. The van der Waals surface area contributed by atoms with Crippen molar-refractivity contribution in [2.45, 2.75) is 71.5 Å². The minimum atomic E-state index is -1.02. The SMILES string of the molecule is Cc1cccc(Nc2nc(NC3CCCCC3(NC(=O)O)C(C)(C)C)c(I)c3c2C(=O)NC3)c1. The molecule has 34 heavy (non-hydrogen) atoms. The molecule has 2 amide bonds. The molecule has 0 saturated heterocycles. The molecule has 2 atom stereocenters. The lowest BCUT2D eigenvalue weighted by Crippen LogP contribution is -2.67. The summed E-state index contributed by atoms with van der Waals surface area (Å²) in [6, 6.07) is 7.78. The van der Waals surface area contributed by atoms with E-state index in [9.17, 15) is 14.7 Å². The van der Waals surface area contributed by atoms with Crippen LogP contribution in [-0.4, -0.2) is 33.7 Å². The van der Waals surface area contributed by atoms with Crippen molar-refractivity contribution < 1.29 is 14.7 Å². The molecule has 0 spiro atoms. The molecule has 2 unspecified atom stereocenters. The molecular weight excluding hydrogens is 545 g/mol. The van der Waals surface area contributed by atoms with Crippen LogP contribution in [0.3, 0.4) is 0 Å². The fourth-order valence-electron chi connectivity index (χ4n) is 5.28. The average Bonchev–Trinajstić information content (AvgIpc) is 3.14. The van der Waals surface area contributed by atoms with Crippen LogP contribution in [0.5, 0.6) is 0 Å². The van der Waals surface area contributed by atoms with E-state index in [1.165, 1.54) is 0 Å². The highest BCUT2D eigenvalue weighted by atomic mass is 127. The summed E-state index contributed by atoms with van der Waals surface area (Å²) in [5.41, 5.74) is 2.46. The average molecular weight is 577 g/mol. The molecule has 0 radical (unpaired) electrons. The normalized spacial score (nSPS) is 22.0. The monoisotopic (exact) mass is 577 g/mol. The largest absolute Gasteiger partial charge is 0.465 e. The number of carbonyl (C=O) groups excluding carboxylic acids is 1. The van der Waals surface area contributed by atoms with E-state index in [-0.39, 0.29) is 17.4 Å². The first-order valence-corrected chi connectivity index (χ1v) is 12.7. The highest BCUT2D eigenvalue weighted by Gasteiger charge is 2.51. The van der Waals surface area contributed by atoms with Gasteiger partial charge in [0.25, 0.3) is 5.91 Å². The number of rotatable bonds is 5. The predicted molar refractivity (Wildman–Crippen MR) is 142 cm³/mol. The fourth-order valence-corrected chi connectivity index (χ4v) is 6.02. The number of nitrogens with zero attached hydrogens (tertiary/aromatic N) is 1. The van der Waals surface area contributed by atoms with Gasteiger partial charge < -0.3 is 26.4 Å². The number of hydrogen-bond donors (Lipinski definition) is 5. The van der Waals surface area contributed by atoms with Crippen molar-refractivity contribution in [3.8, 4) is 0 Å². The molecule has 2 heterocycles. The van der Waals surface area contributed by atoms with Gasteiger partial charge in [-0.1, -0.05) is 45.7 Å². The maximum atomic E-state index is 12.7. The van der Waals surface area contributed by atoms with Crippen molar-refractivity contribution in [3.05, 3.63) is 44.5 Å². The number of carbonyl (C=O) groups is 2. The number of halogens is 1. The van der Waals surface area contributed by atoms with Gasteiger partial charge in [-0.3, -0.25) is 4.79 Å². The molecule has 5 N–H and O–H groups in total. The second-order valence-corrected chi connectivity index (χ2v) is 11.3. The molecule has 4 rings (SSSR count). The van der Waals surface area contributed by atoms with Gasteiger partial charge in [0.2, 0.25) is 0 Å². The van der Waals surface area contributed by atoms with Crippen molar-refractivity contribution in [1.29, 1.82) is 0 Å². The second kappa shape index (κ2) is 9.24. The first-order chi connectivity index (χ1) is 16.0. The Morgan fingerprint density at radius 1 is 1.26 bits per heavy atom. The topological polar surface area (TPSA) is 115 Å². The van der Waals surface area contributed by atoms with Gasteiger partial charge in [-0.2, -0.15) is 0 Å². The van der Waals surface area contributed by atoms with E-state index < -0.39 is 11.6 Å². The Hall–Kier alpha value is -2.56. The minimum absolute atomic E-state index is 0.142. The number of aryl methyl sites for hydroxylation is 1. The Balaban J connectivity index is 1.77. The zero-order valence-corrected chi connectivity index (χ0v) is 22.2. The van der Waals surface area contributed by atoms with E-state index in [4.69, 9.17) is 4.98 Å². The molecule has 1 aromatic heterocycles. The maximum Gasteiger partial charge on any atom is 0.405 e. The molecule has 0 bridgehead atoms. The molecule has 9 heteroatoms. The first kappa shape index (κ1) is 24.6. The van der Waals surface area contributed by atoms with Gasteiger partial charge in [0, 0.05) is 17.8 Å². The molecule has 1 saturated carbocycles. The van der Waals surface area contributed by atoms with Crippen LogP contribution < -0.4 is 21.3 Å². The van der Waals surface area contributed by atoms with Crippen LogP contribution in [-0.2, 0) is 6.54 Å². The molecule has 8 nitrogen and oxygen atoms in total. The molecule has 1 aliphatic carbocycles. The summed E-state index contributed by atoms with van der Waals surface area (Å²) in [6.07, 6.45) is 2.52. The van der Waals surface area contributed by atoms with E-state index in [0.29, 0.717) is 23.7 Å². The summed E-state index contributed by atoms with van der Waals surface area (Å²) in [5, 5.41) is 22.5. The van der Waals surface area contributed by atoms with E-state index in [2.05, 4.69) is 64.6 Å². The predicted octanol–water partition coefficient (Wildman–Crippen LogP) is 5.39. The summed E-state index contributed by atoms with van der Waals surface area (Å²) < 4.78 is 0.879. The first-order valence-electron chi connectivity index (χ1n) is 11.6. The lowest BCUT2D eigenvalue weighted by Gasteiger charge is -2.52. The summed E-state index contributed by atoms with van der Waals surface area (Å²) in [4.78, 5) is 29.4. The van der Waals surface area contributed by atoms with E-state index >= 15 is 0 Å². The third-order valence-corrected chi connectivity index (χ3v) is 8.22. The standard InChI is InChI=1S/C25H32IN5O3/c1-14-8-7-9-15(12-14)28-20-18-16(13-27-22(18)32)19(26)21(30-20)29-17-10-5-6-11-25(17,24(2,3)4)31-23(33)34/h7-9,12,17,31H,5-6,10-11,13H2,1-4H3,(H,27,32)(H,33,34)(H2,28,29,30). The number of pyridine rings is 1. The summed E-state index contributed by atoms with van der Waals surface area (Å²) in [5.74, 6) is 1.02. The van der Waals surface area contributed by atoms with Gasteiger partial charge in [0.15, 0.2) is 0 Å². The van der Waals surface area contributed by atoms with Crippen LogP contribution in [0.4, 0.5) is 22.1 Å². The van der Waals surface area contributed by atoms with E-state index in [0.717, 1.165) is 46.1 Å². The zero-order valence-electron chi connectivity index (χ0n) is 20.0. The highest BCUT2D eigenvalue weighted by molar-refractivity contribution is 14.1. The van der Waals surface area contributed by atoms with Gasteiger partial charge in [-0.25, -0.2) is 9.78 Å². The van der Waals surface area contributed by atoms with Crippen molar-refractivity contribution >= 4 is 51.9 Å². The Morgan fingerprint density at radius 2 is 2.03 bits per heavy atom. The smallest absolute Gasteiger partial charge is 0.405 e. The van der Waals surface area contributed by atoms with Crippen LogP contribution in [0.1, 0.15) is 67.9 Å². The van der Waals surface area contributed by atoms with Gasteiger partial charge in [0.05, 0.1) is 20.7 Å². The Kier molecular flexibility index (Phi) is 6.67. The van der Waals surface area contributed by atoms with Gasteiger partial charge in [-0.05, 0) is 65.5 Å². The summed E-state index contributed by atoms with van der Waals surface area (Å²) >= 11 is 2.24. The van der Waals surface area contributed by atoms with Gasteiger partial charge >= 0.3 is 6.09 Å². The van der Waals surface area contributed by atoms with Gasteiger partial charge in [-0.15, -0.1) is 0 Å². The molecular formula is C25H32IN5O3. The fraction of sp³-hybridized carbons (Fsp3) is 0.480. The lowest BCUT2D eigenvalue weighted by molar-refractivity contribution is 0.0720. The van der Waals surface area contributed by atoms with E-state index in [1.807, 2.05) is 31.2 Å². The van der Waals surface area contributed by atoms with Crippen LogP contribution in [0, 0.1) is 15.9 Å². The number of nitrogens with one attached hydrogen (secondary N) is 4. The Bertz CT molecular complexity index is 1130. The van der Waals surface area contributed by atoms with Crippen LogP contribution in [0.25, 0.3) is 0 Å². The second-order valence-electron chi connectivity index (χ2n) is 10.2. The minimum Gasteiger partial charge on any atom is -0.465 e. The number of amides is 2. The number of fused-ring (bicyclic) bond motifs is 1. The third kappa shape index (κ3) is 4.54. The van der Waals surface area contributed by atoms with Crippen molar-refractivity contribution in [1.82, 2.24) is 15.6 Å². The molecule has 1 fully saturated rings. The quantitative estimate of drug-likeness (QED) is 0.305. The van der Waals surface area contributed by atoms with E-state index in [1.54, 1.807) is 0 Å². The molecule has 1 aromatic carbocycles. The van der Waals surface area contributed by atoms with Crippen molar-refractivity contribution in [2.75, 3.05) is 10.6 Å². The Morgan fingerprint density at radius 3 is 2.71 bits per heavy atom. The zero-order chi connectivity index (χ0) is 24.7. The molecule has 182 valence electrons. The summed E-state index contributed by atoms with van der Waals surface area (Å²) in [7, 11) is 0. The Labute approximate surface area is 213 Å². The van der Waals surface area contributed by atoms with Crippen LogP contribution in [0.15, 0.2) is 24.3 Å². The molecule has 2 aliphatic rings. The maximum absolute atomic E-state index is 12.7. The van der Waals surface area contributed by atoms with Crippen LogP contribution in [0.2, 0.25) is 0 Å². The van der Waals surface area contributed by atoms with Crippen molar-refractivity contribution in [2.24, 2.45) is 5.41 Å². The highest BCUT2D eigenvalue weighted by Crippen LogP contribution is 2.44.